The van der Waals surface area contributed by atoms with Gasteiger partial charge in [-0.1, -0.05) is 29.8 Å². The van der Waals surface area contributed by atoms with Crippen molar-refractivity contribution < 1.29 is 14.3 Å². The number of methoxy groups -OCH3 is 1. The lowest BCUT2D eigenvalue weighted by Crippen LogP contribution is -2.17. The second-order valence-electron chi connectivity index (χ2n) is 5.57. The van der Waals surface area contributed by atoms with Crippen LogP contribution in [0.4, 0.5) is 0 Å². The molecule has 27 heavy (non-hydrogen) atoms. The van der Waals surface area contributed by atoms with E-state index in [9.17, 15) is 4.79 Å². The number of carbonyl (C=O) groups is 1. The van der Waals surface area contributed by atoms with Crippen molar-refractivity contribution in [1.82, 2.24) is 10.4 Å². The molecule has 0 aliphatic rings. The Kier molecular flexibility index (Phi) is 6.12. The molecule has 138 valence electrons. The Morgan fingerprint density at radius 3 is 2.78 bits per heavy atom. The van der Waals surface area contributed by atoms with Crippen LogP contribution < -0.4 is 14.9 Å². The number of amides is 1. The van der Waals surface area contributed by atoms with Crippen molar-refractivity contribution >= 4 is 23.7 Å². The van der Waals surface area contributed by atoms with Crippen LogP contribution in [0.2, 0.25) is 5.02 Å². The van der Waals surface area contributed by atoms with E-state index < -0.39 is 0 Å². The summed E-state index contributed by atoms with van der Waals surface area (Å²) in [6.45, 7) is 0.329. The molecule has 0 aliphatic heterocycles. The van der Waals surface area contributed by atoms with Gasteiger partial charge in [0.15, 0.2) is 11.5 Å². The number of carbonyl (C=O) groups excluding carboxylic acids is 1. The highest BCUT2D eigenvalue weighted by atomic mass is 35.5. The van der Waals surface area contributed by atoms with Gasteiger partial charge in [0.1, 0.15) is 12.3 Å². The molecule has 0 saturated heterocycles. The molecule has 0 spiro atoms. The molecule has 0 saturated carbocycles. The maximum atomic E-state index is 11.8. The van der Waals surface area contributed by atoms with E-state index in [1.807, 2.05) is 30.3 Å². The summed E-state index contributed by atoms with van der Waals surface area (Å²) < 4.78 is 11.2. The van der Waals surface area contributed by atoms with Gasteiger partial charge in [-0.15, -0.1) is 0 Å². The molecular formula is C20H18ClN3O3. The number of H-pyrrole nitrogens is 1. The summed E-state index contributed by atoms with van der Waals surface area (Å²) in [6.07, 6.45) is 3.20. The second kappa shape index (κ2) is 8.91. The number of nitrogens with zero attached hydrogens (tertiary/aromatic N) is 1. The van der Waals surface area contributed by atoms with E-state index in [0.29, 0.717) is 28.8 Å². The number of nitrogens with one attached hydrogen (secondary N) is 2. The van der Waals surface area contributed by atoms with E-state index in [-0.39, 0.29) is 5.91 Å². The first-order valence-corrected chi connectivity index (χ1v) is 8.56. The lowest BCUT2D eigenvalue weighted by molar-refractivity contribution is 0.0951. The molecule has 3 rings (SSSR count). The molecule has 0 radical (unpaired) electrons. The molecule has 3 aromatic rings. The first kappa shape index (κ1) is 18.5. The van der Waals surface area contributed by atoms with E-state index in [4.69, 9.17) is 21.1 Å². The third-order valence-corrected chi connectivity index (χ3v) is 4.12. The van der Waals surface area contributed by atoms with E-state index >= 15 is 0 Å². The number of aromatic amines is 1. The van der Waals surface area contributed by atoms with E-state index in [1.165, 1.54) is 6.21 Å². The molecule has 0 unspecified atom stereocenters. The summed E-state index contributed by atoms with van der Waals surface area (Å²) in [5, 5.41) is 4.60. The zero-order chi connectivity index (χ0) is 19.1. The Morgan fingerprint density at radius 1 is 1.19 bits per heavy atom. The predicted octanol–water partition coefficient (Wildman–Crippen LogP) is 4.02. The topological polar surface area (TPSA) is 75.7 Å². The van der Waals surface area contributed by atoms with Crippen LogP contribution in [0, 0.1) is 0 Å². The minimum Gasteiger partial charge on any atom is -0.493 e. The molecule has 0 aliphatic carbocycles. The summed E-state index contributed by atoms with van der Waals surface area (Å²) in [6, 6.07) is 16.3. The fourth-order valence-electron chi connectivity index (χ4n) is 2.35. The molecular weight excluding hydrogens is 366 g/mol. The van der Waals surface area contributed by atoms with Gasteiger partial charge in [-0.2, -0.15) is 5.10 Å². The summed E-state index contributed by atoms with van der Waals surface area (Å²) in [5.74, 6) is 0.828. The quantitative estimate of drug-likeness (QED) is 0.478. The van der Waals surface area contributed by atoms with Gasteiger partial charge in [-0.25, -0.2) is 5.43 Å². The van der Waals surface area contributed by atoms with Crippen LogP contribution in [0.15, 0.2) is 65.9 Å². The number of hydrogen-bond acceptors (Lipinski definition) is 4. The number of rotatable bonds is 7. The lowest BCUT2D eigenvalue weighted by Gasteiger charge is -2.12. The highest BCUT2D eigenvalue weighted by Crippen LogP contribution is 2.29. The Bertz CT molecular complexity index is 939. The van der Waals surface area contributed by atoms with Crippen LogP contribution in [0.25, 0.3) is 0 Å². The number of hydrazone groups is 1. The number of aromatic nitrogens is 1. The van der Waals surface area contributed by atoms with Crippen LogP contribution in [0.5, 0.6) is 11.5 Å². The van der Waals surface area contributed by atoms with E-state index in [2.05, 4.69) is 15.5 Å². The minimum absolute atomic E-state index is 0.317. The maximum Gasteiger partial charge on any atom is 0.287 e. The highest BCUT2D eigenvalue weighted by Gasteiger charge is 2.07. The first-order chi connectivity index (χ1) is 13.2. The normalized spacial score (nSPS) is 10.7. The van der Waals surface area contributed by atoms with Crippen molar-refractivity contribution in [2.24, 2.45) is 5.10 Å². The minimum atomic E-state index is -0.317. The van der Waals surface area contributed by atoms with Crippen LogP contribution >= 0.6 is 11.6 Å². The van der Waals surface area contributed by atoms with Gasteiger partial charge in [0, 0.05) is 16.8 Å². The summed E-state index contributed by atoms with van der Waals surface area (Å²) in [7, 11) is 1.56. The molecule has 0 bridgehead atoms. The average molecular weight is 384 g/mol. The molecule has 0 atom stereocenters. The fraction of sp³-hybridized carbons (Fsp3) is 0.100. The van der Waals surface area contributed by atoms with Crippen LogP contribution in [0.1, 0.15) is 21.6 Å². The monoisotopic (exact) mass is 383 g/mol. The number of ether oxygens (including phenoxy) is 2. The molecule has 1 heterocycles. The molecule has 2 N–H and O–H groups in total. The molecule has 1 aromatic heterocycles. The molecule has 1 amide bonds. The standard InChI is InChI=1S/C20H18ClN3O3/c1-26-19-11-14(12-23-24-20(25)17-7-4-10-22-17)8-9-18(19)27-13-15-5-2-3-6-16(15)21/h2-12,22H,13H2,1H3,(H,24,25)/b23-12-. The zero-order valence-electron chi connectivity index (χ0n) is 14.6. The first-order valence-electron chi connectivity index (χ1n) is 8.18. The van der Waals surface area contributed by atoms with Crippen molar-refractivity contribution in [3.8, 4) is 11.5 Å². The maximum absolute atomic E-state index is 11.8. The van der Waals surface area contributed by atoms with Gasteiger partial charge in [0.2, 0.25) is 0 Å². The van der Waals surface area contributed by atoms with Gasteiger partial charge >= 0.3 is 0 Å². The summed E-state index contributed by atoms with van der Waals surface area (Å²) >= 11 is 6.14. The molecule has 7 heteroatoms. The summed E-state index contributed by atoms with van der Waals surface area (Å²) in [5.41, 5.74) is 4.53. The highest BCUT2D eigenvalue weighted by molar-refractivity contribution is 6.31. The SMILES string of the molecule is COc1cc(/C=N\NC(=O)c2ccc[nH]2)ccc1OCc1ccccc1Cl. The van der Waals surface area contributed by atoms with Gasteiger partial charge in [0.05, 0.1) is 13.3 Å². The zero-order valence-corrected chi connectivity index (χ0v) is 15.4. The van der Waals surface area contributed by atoms with Crippen molar-refractivity contribution in [3.05, 3.63) is 82.6 Å². The third-order valence-electron chi connectivity index (χ3n) is 3.75. The Labute approximate surface area is 161 Å². The third kappa shape index (κ3) is 4.89. The van der Waals surface area contributed by atoms with Gasteiger partial charge < -0.3 is 14.5 Å². The Hall–Kier alpha value is -3.25. The largest absolute Gasteiger partial charge is 0.493 e. The molecule has 6 nitrogen and oxygen atoms in total. The van der Waals surface area contributed by atoms with Crippen molar-refractivity contribution in [2.45, 2.75) is 6.61 Å². The summed E-state index contributed by atoms with van der Waals surface area (Å²) in [4.78, 5) is 14.6. The van der Waals surface area contributed by atoms with E-state index in [1.54, 1.807) is 37.6 Å². The Balaban J connectivity index is 1.64. The van der Waals surface area contributed by atoms with Crippen molar-refractivity contribution in [1.29, 1.82) is 0 Å². The number of halogens is 1. The van der Waals surface area contributed by atoms with Crippen molar-refractivity contribution in [2.75, 3.05) is 7.11 Å². The van der Waals surface area contributed by atoms with Crippen LogP contribution in [-0.2, 0) is 6.61 Å². The molecule has 2 aromatic carbocycles. The van der Waals surface area contributed by atoms with Crippen LogP contribution in [0.3, 0.4) is 0 Å². The lowest BCUT2D eigenvalue weighted by atomic mass is 10.2. The number of hydrogen-bond donors (Lipinski definition) is 2. The van der Waals surface area contributed by atoms with Crippen LogP contribution in [-0.4, -0.2) is 24.2 Å². The molecule has 0 fully saturated rings. The van der Waals surface area contributed by atoms with Gasteiger partial charge in [-0.3, -0.25) is 4.79 Å². The smallest absolute Gasteiger partial charge is 0.287 e. The van der Waals surface area contributed by atoms with E-state index in [0.717, 1.165) is 11.1 Å². The number of benzene rings is 2. The van der Waals surface area contributed by atoms with Crippen molar-refractivity contribution in [3.63, 3.8) is 0 Å². The second-order valence-corrected chi connectivity index (χ2v) is 5.98. The van der Waals surface area contributed by atoms with Gasteiger partial charge in [0.25, 0.3) is 5.91 Å². The fourth-order valence-corrected chi connectivity index (χ4v) is 2.54. The van der Waals surface area contributed by atoms with Gasteiger partial charge in [-0.05, 0) is 42.0 Å². The predicted molar refractivity (Wildman–Crippen MR) is 105 cm³/mol. The average Bonchev–Trinajstić information content (AvgIpc) is 3.22. The Morgan fingerprint density at radius 2 is 2.04 bits per heavy atom.